The van der Waals surface area contributed by atoms with E-state index in [9.17, 15) is 9.59 Å². The summed E-state index contributed by atoms with van der Waals surface area (Å²) in [5.41, 5.74) is 2.49. The maximum absolute atomic E-state index is 12.8. The molecule has 1 aliphatic heterocycles. The first-order valence-corrected chi connectivity index (χ1v) is 9.62. The summed E-state index contributed by atoms with van der Waals surface area (Å²) in [5, 5.41) is 0. The molecule has 2 heterocycles. The fourth-order valence-electron chi connectivity index (χ4n) is 3.03. The van der Waals surface area contributed by atoms with Crippen LogP contribution in [0, 0.1) is 0 Å². The molecule has 0 amide bonds. The number of ketones is 1. The second-order valence-corrected chi connectivity index (χ2v) is 7.49. The molecule has 0 N–H and O–H groups in total. The molecule has 2 aromatic carbocycles. The van der Waals surface area contributed by atoms with Gasteiger partial charge in [-0.15, -0.1) is 0 Å². The summed E-state index contributed by atoms with van der Waals surface area (Å²) in [4.78, 5) is 31.6. The zero-order valence-electron chi connectivity index (χ0n) is 15.6. The zero-order valence-corrected chi connectivity index (χ0v) is 16.4. The number of Topliss-reactive ketones (excluding diaryl/α,β-unsaturated/α-hetero) is 1. The average molecular weight is 393 g/mol. The van der Waals surface area contributed by atoms with Crippen molar-refractivity contribution in [3.05, 3.63) is 79.3 Å². The monoisotopic (exact) mass is 393 g/mol. The molecule has 0 saturated heterocycles. The summed E-state index contributed by atoms with van der Waals surface area (Å²) in [5.74, 6) is 0.811. The number of carbonyl (C=O) groups is 1. The number of thiazole rings is 1. The molecule has 142 valence electrons. The zero-order chi connectivity index (χ0) is 19.7. The van der Waals surface area contributed by atoms with E-state index < -0.39 is 0 Å². The molecular formula is C21H19N3O3S. The van der Waals surface area contributed by atoms with Crippen molar-refractivity contribution in [1.29, 1.82) is 0 Å². The van der Waals surface area contributed by atoms with Crippen LogP contribution < -0.4 is 24.5 Å². The number of aromatic nitrogens is 1. The number of rotatable bonds is 4. The number of methoxy groups -OCH3 is 1. The molecule has 28 heavy (non-hydrogen) atoms. The molecule has 6 nitrogen and oxygen atoms in total. The fraction of sp³-hybridized carbons (Fsp3) is 0.190. The van der Waals surface area contributed by atoms with Gasteiger partial charge in [0, 0.05) is 11.3 Å². The SMILES string of the molecule is COc1ccc(/C=c2/sc3n(c2=O)CN(c2ccc(C(C)=O)cc2)CN=3)cc1. The molecular weight excluding hydrogens is 374 g/mol. The van der Waals surface area contributed by atoms with Crippen molar-refractivity contribution in [3.8, 4) is 5.75 Å². The molecule has 3 aromatic rings. The normalized spacial score (nSPS) is 13.8. The van der Waals surface area contributed by atoms with Crippen LogP contribution in [0.5, 0.6) is 5.75 Å². The summed E-state index contributed by atoms with van der Waals surface area (Å²) in [6.07, 6.45) is 1.87. The van der Waals surface area contributed by atoms with Crippen molar-refractivity contribution in [2.24, 2.45) is 4.99 Å². The summed E-state index contributed by atoms with van der Waals surface area (Å²) >= 11 is 1.40. The Bertz CT molecular complexity index is 1190. The van der Waals surface area contributed by atoms with E-state index in [-0.39, 0.29) is 11.3 Å². The Labute approximate surface area is 165 Å². The lowest BCUT2D eigenvalue weighted by Crippen LogP contribution is -2.42. The topological polar surface area (TPSA) is 63.9 Å². The van der Waals surface area contributed by atoms with Crippen molar-refractivity contribution in [2.75, 3.05) is 18.7 Å². The van der Waals surface area contributed by atoms with Crippen molar-refractivity contribution in [2.45, 2.75) is 13.6 Å². The van der Waals surface area contributed by atoms with E-state index in [2.05, 4.69) is 4.99 Å². The Kier molecular flexibility index (Phi) is 4.83. The van der Waals surface area contributed by atoms with Gasteiger partial charge in [-0.1, -0.05) is 23.5 Å². The van der Waals surface area contributed by atoms with Gasteiger partial charge in [0.2, 0.25) is 0 Å². The van der Waals surface area contributed by atoms with E-state index >= 15 is 0 Å². The van der Waals surface area contributed by atoms with Crippen LogP contribution in [-0.2, 0) is 6.67 Å². The molecule has 0 radical (unpaired) electrons. The van der Waals surface area contributed by atoms with Crippen LogP contribution in [-0.4, -0.2) is 24.1 Å². The highest BCUT2D eigenvalue weighted by molar-refractivity contribution is 7.07. The smallest absolute Gasteiger partial charge is 0.271 e. The molecule has 0 unspecified atom stereocenters. The molecule has 0 saturated carbocycles. The Morgan fingerprint density at radius 3 is 2.50 bits per heavy atom. The lowest BCUT2D eigenvalue weighted by molar-refractivity contribution is 0.101. The van der Waals surface area contributed by atoms with Gasteiger partial charge in [-0.05, 0) is 55.0 Å². The standard InChI is InChI=1S/C21H19N3O3S/c1-14(25)16-5-7-17(8-6-16)23-12-22-21-24(13-23)20(26)19(28-21)11-15-3-9-18(27-2)10-4-15/h3-11H,12-13H2,1-2H3/b19-11+. The predicted octanol–water partition coefficient (Wildman–Crippen LogP) is 2.00. The van der Waals surface area contributed by atoms with Crippen LogP contribution in [0.2, 0.25) is 0 Å². The number of benzene rings is 2. The number of anilines is 1. The van der Waals surface area contributed by atoms with E-state index in [0.717, 1.165) is 21.8 Å². The third-order valence-electron chi connectivity index (χ3n) is 4.63. The van der Waals surface area contributed by atoms with Gasteiger partial charge in [0.25, 0.3) is 5.56 Å². The number of fused-ring (bicyclic) bond motifs is 1. The fourth-order valence-corrected chi connectivity index (χ4v) is 4.00. The van der Waals surface area contributed by atoms with E-state index in [1.165, 1.54) is 11.3 Å². The van der Waals surface area contributed by atoms with Crippen molar-refractivity contribution in [3.63, 3.8) is 0 Å². The van der Waals surface area contributed by atoms with Gasteiger partial charge in [0.05, 0.1) is 11.6 Å². The predicted molar refractivity (Wildman–Crippen MR) is 110 cm³/mol. The molecule has 0 spiro atoms. The highest BCUT2D eigenvalue weighted by atomic mass is 32.1. The maximum Gasteiger partial charge on any atom is 0.271 e. The van der Waals surface area contributed by atoms with Crippen LogP contribution in [0.25, 0.3) is 6.08 Å². The molecule has 1 aliphatic rings. The third-order valence-corrected chi connectivity index (χ3v) is 5.67. The molecule has 4 rings (SSSR count). The van der Waals surface area contributed by atoms with Gasteiger partial charge in [0.1, 0.15) is 19.1 Å². The van der Waals surface area contributed by atoms with Gasteiger partial charge >= 0.3 is 0 Å². The van der Waals surface area contributed by atoms with Gasteiger partial charge < -0.3 is 9.64 Å². The van der Waals surface area contributed by atoms with Crippen LogP contribution in [0.3, 0.4) is 0 Å². The summed E-state index contributed by atoms with van der Waals surface area (Å²) in [7, 11) is 1.62. The summed E-state index contributed by atoms with van der Waals surface area (Å²) in [6, 6.07) is 14.9. The van der Waals surface area contributed by atoms with Gasteiger partial charge in [-0.3, -0.25) is 14.2 Å². The molecule has 1 aromatic heterocycles. The quantitative estimate of drug-likeness (QED) is 0.636. The third kappa shape index (κ3) is 3.48. The van der Waals surface area contributed by atoms with Crippen LogP contribution in [0.1, 0.15) is 22.8 Å². The average Bonchev–Trinajstić information content (AvgIpc) is 3.03. The molecule has 0 bridgehead atoms. The van der Waals surface area contributed by atoms with Crippen LogP contribution in [0.15, 0.2) is 58.3 Å². The van der Waals surface area contributed by atoms with Crippen LogP contribution >= 0.6 is 11.3 Å². The molecule has 0 aliphatic carbocycles. The highest BCUT2D eigenvalue weighted by Crippen LogP contribution is 2.17. The number of hydrogen-bond acceptors (Lipinski definition) is 6. The number of nitrogens with zero attached hydrogens (tertiary/aromatic N) is 3. The van der Waals surface area contributed by atoms with Gasteiger partial charge in [-0.2, -0.15) is 0 Å². The Morgan fingerprint density at radius 1 is 1.14 bits per heavy atom. The van der Waals surface area contributed by atoms with Crippen LogP contribution in [0.4, 0.5) is 5.69 Å². The summed E-state index contributed by atoms with van der Waals surface area (Å²) in [6.45, 7) is 2.45. The van der Waals surface area contributed by atoms with E-state index in [4.69, 9.17) is 4.74 Å². The van der Waals surface area contributed by atoms with Gasteiger partial charge in [-0.25, -0.2) is 4.99 Å². The largest absolute Gasteiger partial charge is 0.497 e. The molecule has 0 atom stereocenters. The minimum Gasteiger partial charge on any atom is -0.497 e. The van der Waals surface area contributed by atoms with E-state index in [0.29, 0.717) is 23.4 Å². The minimum absolute atomic E-state index is 0.0323. The second-order valence-electron chi connectivity index (χ2n) is 6.48. The lowest BCUT2D eigenvalue weighted by Gasteiger charge is -2.25. The maximum atomic E-state index is 12.8. The van der Waals surface area contributed by atoms with Crippen molar-refractivity contribution in [1.82, 2.24) is 4.57 Å². The molecule has 0 fully saturated rings. The Balaban J connectivity index is 1.63. The van der Waals surface area contributed by atoms with Crippen molar-refractivity contribution >= 4 is 28.9 Å². The van der Waals surface area contributed by atoms with E-state index in [1.807, 2.05) is 47.4 Å². The first-order chi connectivity index (χ1) is 13.5. The number of ether oxygens (including phenoxy) is 1. The minimum atomic E-state index is -0.0513. The first-order valence-electron chi connectivity index (χ1n) is 8.81. The van der Waals surface area contributed by atoms with Crippen molar-refractivity contribution < 1.29 is 9.53 Å². The van der Waals surface area contributed by atoms with Gasteiger partial charge in [0.15, 0.2) is 10.6 Å². The molecule has 7 heteroatoms. The van der Waals surface area contributed by atoms with E-state index in [1.54, 1.807) is 30.7 Å². The summed E-state index contributed by atoms with van der Waals surface area (Å²) < 4.78 is 7.50. The Morgan fingerprint density at radius 2 is 1.86 bits per heavy atom. The Hall–Kier alpha value is -3.19. The number of carbonyl (C=O) groups excluding carboxylic acids is 1. The lowest BCUT2D eigenvalue weighted by atomic mass is 10.1. The highest BCUT2D eigenvalue weighted by Gasteiger charge is 2.16. The second kappa shape index (κ2) is 7.44. The first kappa shape index (κ1) is 18.2. The number of hydrogen-bond donors (Lipinski definition) is 0.